The Balaban J connectivity index is 1.84. The summed E-state index contributed by atoms with van der Waals surface area (Å²) in [6.07, 6.45) is 0. The minimum absolute atomic E-state index is 0.184. The van der Waals surface area contributed by atoms with Crippen LogP contribution in [0, 0.1) is 5.82 Å². The first kappa shape index (κ1) is 21.5. The second-order valence-corrected chi connectivity index (χ2v) is 8.32. The molecule has 0 aliphatic carbocycles. The van der Waals surface area contributed by atoms with Gasteiger partial charge < -0.3 is 14.4 Å². The van der Waals surface area contributed by atoms with Crippen molar-refractivity contribution in [1.82, 2.24) is 0 Å². The number of nitrogens with zero attached hydrogens (tertiary/aromatic N) is 1. The van der Waals surface area contributed by atoms with E-state index in [1.807, 2.05) is 18.2 Å². The maximum Gasteiger partial charge on any atom is 0.242 e. The monoisotopic (exact) mass is 459 g/mol. The number of amides is 1. The molecule has 1 aliphatic rings. The molecular weight excluding hydrogens is 440 g/mol. The van der Waals surface area contributed by atoms with E-state index in [-0.39, 0.29) is 17.5 Å². The SMILES string of the molecule is COc1ccc(CN2C(=O)C(C)(c3ccc(F)cc3Cl)c3cc(Cl)ccc32)c(OC)c1. The number of methoxy groups -OCH3 is 2. The highest BCUT2D eigenvalue weighted by Gasteiger charge is 2.49. The standard InChI is InChI=1S/C24H20Cl2FNO3/c1-24(18-8-6-16(27)11-20(18)26)19-10-15(25)5-9-21(19)28(23(24)29)13-14-4-7-17(30-2)12-22(14)31-3/h4-12H,13H2,1-3H3. The van der Waals surface area contributed by atoms with Crippen molar-refractivity contribution in [1.29, 1.82) is 0 Å². The predicted octanol–water partition coefficient (Wildman–Crippen LogP) is 6.00. The Morgan fingerprint density at radius 2 is 1.74 bits per heavy atom. The summed E-state index contributed by atoms with van der Waals surface area (Å²) in [4.78, 5) is 15.5. The minimum Gasteiger partial charge on any atom is -0.497 e. The quantitative estimate of drug-likeness (QED) is 0.469. The van der Waals surface area contributed by atoms with E-state index in [0.29, 0.717) is 27.6 Å². The number of fused-ring (bicyclic) bond motifs is 1. The van der Waals surface area contributed by atoms with Crippen LogP contribution in [0.3, 0.4) is 0 Å². The molecule has 1 atom stereocenters. The van der Waals surface area contributed by atoms with E-state index in [1.54, 1.807) is 50.3 Å². The van der Waals surface area contributed by atoms with Gasteiger partial charge in [0.15, 0.2) is 0 Å². The predicted molar refractivity (Wildman–Crippen MR) is 120 cm³/mol. The summed E-state index contributed by atoms with van der Waals surface area (Å²) in [5.74, 6) is 0.615. The van der Waals surface area contributed by atoms with Gasteiger partial charge in [-0.3, -0.25) is 4.79 Å². The van der Waals surface area contributed by atoms with Crippen LogP contribution in [0.5, 0.6) is 11.5 Å². The van der Waals surface area contributed by atoms with Crippen LogP contribution in [0.4, 0.5) is 10.1 Å². The van der Waals surface area contributed by atoms with Gasteiger partial charge in [0.2, 0.25) is 5.91 Å². The van der Waals surface area contributed by atoms with E-state index in [0.717, 1.165) is 11.3 Å². The van der Waals surface area contributed by atoms with Gasteiger partial charge in [0.05, 0.1) is 20.8 Å². The maximum atomic E-state index is 13.8. The molecule has 0 N–H and O–H groups in total. The molecule has 0 bridgehead atoms. The maximum absolute atomic E-state index is 13.8. The molecule has 0 saturated carbocycles. The highest BCUT2D eigenvalue weighted by atomic mass is 35.5. The third-order valence-electron chi connectivity index (χ3n) is 5.75. The fourth-order valence-corrected chi connectivity index (χ4v) is 4.63. The Labute approximate surface area is 190 Å². The van der Waals surface area contributed by atoms with Gasteiger partial charge in [0.1, 0.15) is 22.7 Å². The molecule has 7 heteroatoms. The molecule has 4 nitrogen and oxygen atoms in total. The summed E-state index contributed by atoms with van der Waals surface area (Å²) < 4.78 is 24.5. The first-order chi connectivity index (χ1) is 14.8. The third-order valence-corrected chi connectivity index (χ3v) is 6.30. The topological polar surface area (TPSA) is 38.8 Å². The van der Waals surface area contributed by atoms with Crippen LogP contribution in [0.25, 0.3) is 0 Å². The highest BCUT2D eigenvalue weighted by Crippen LogP contribution is 2.49. The van der Waals surface area contributed by atoms with Crippen LogP contribution in [-0.2, 0) is 16.8 Å². The van der Waals surface area contributed by atoms with E-state index in [9.17, 15) is 9.18 Å². The smallest absolute Gasteiger partial charge is 0.242 e. The van der Waals surface area contributed by atoms with Gasteiger partial charge in [-0.1, -0.05) is 29.3 Å². The molecule has 0 fully saturated rings. The van der Waals surface area contributed by atoms with Gasteiger partial charge in [0.25, 0.3) is 0 Å². The number of benzene rings is 3. The summed E-state index contributed by atoms with van der Waals surface area (Å²) >= 11 is 12.7. The minimum atomic E-state index is -1.12. The van der Waals surface area contributed by atoms with E-state index < -0.39 is 11.2 Å². The van der Waals surface area contributed by atoms with Crippen LogP contribution in [-0.4, -0.2) is 20.1 Å². The fraction of sp³-hybridized carbons (Fsp3) is 0.208. The molecule has 0 spiro atoms. The lowest BCUT2D eigenvalue weighted by Crippen LogP contribution is -2.39. The number of ether oxygens (including phenoxy) is 2. The summed E-state index contributed by atoms with van der Waals surface area (Å²) in [5, 5.41) is 0.686. The molecule has 160 valence electrons. The Bertz CT molecular complexity index is 1180. The first-order valence-electron chi connectivity index (χ1n) is 9.58. The molecular formula is C24H20Cl2FNO3. The van der Waals surface area contributed by atoms with Gasteiger partial charge in [-0.25, -0.2) is 4.39 Å². The zero-order chi connectivity index (χ0) is 22.3. The lowest BCUT2D eigenvalue weighted by molar-refractivity contribution is -0.121. The second-order valence-electron chi connectivity index (χ2n) is 7.48. The molecule has 1 aliphatic heterocycles. The summed E-state index contributed by atoms with van der Waals surface area (Å²) in [7, 11) is 3.15. The number of anilines is 1. The van der Waals surface area contributed by atoms with Crippen LogP contribution >= 0.6 is 23.2 Å². The number of rotatable bonds is 5. The Hall–Kier alpha value is -2.76. The number of hydrogen-bond acceptors (Lipinski definition) is 3. The van der Waals surface area contributed by atoms with E-state index in [1.165, 1.54) is 12.1 Å². The second kappa shape index (κ2) is 8.06. The van der Waals surface area contributed by atoms with Crippen molar-refractivity contribution in [3.05, 3.63) is 87.2 Å². The number of carbonyl (C=O) groups excluding carboxylic acids is 1. The van der Waals surface area contributed by atoms with Gasteiger partial charge in [-0.15, -0.1) is 0 Å². The van der Waals surface area contributed by atoms with Crippen LogP contribution in [0.1, 0.15) is 23.6 Å². The molecule has 0 saturated heterocycles. The van der Waals surface area contributed by atoms with Crippen LogP contribution < -0.4 is 14.4 Å². The van der Waals surface area contributed by atoms with Crippen LogP contribution in [0.2, 0.25) is 10.0 Å². The Kier molecular flexibility index (Phi) is 5.58. The van der Waals surface area contributed by atoms with Crippen molar-refractivity contribution in [2.75, 3.05) is 19.1 Å². The average Bonchev–Trinajstić information content (AvgIpc) is 2.96. The number of hydrogen-bond donors (Lipinski definition) is 0. The largest absolute Gasteiger partial charge is 0.497 e. The van der Waals surface area contributed by atoms with E-state index >= 15 is 0 Å². The van der Waals surface area contributed by atoms with Gasteiger partial charge in [-0.2, -0.15) is 0 Å². The van der Waals surface area contributed by atoms with Gasteiger partial charge >= 0.3 is 0 Å². The lowest BCUT2D eigenvalue weighted by Gasteiger charge is -2.26. The molecule has 0 aromatic heterocycles. The molecule has 4 rings (SSSR count). The van der Waals surface area contributed by atoms with Crippen molar-refractivity contribution >= 4 is 34.8 Å². The van der Waals surface area contributed by atoms with Crippen LogP contribution in [0.15, 0.2) is 54.6 Å². The molecule has 1 unspecified atom stereocenters. The molecule has 1 amide bonds. The molecule has 0 radical (unpaired) electrons. The summed E-state index contributed by atoms with van der Waals surface area (Å²) in [5.41, 5.74) is 1.64. The van der Waals surface area contributed by atoms with Crippen molar-refractivity contribution in [2.24, 2.45) is 0 Å². The van der Waals surface area contributed by atoms with Crippen molar-refractivity contribution in [2.45, 2.75) is 18.9 Å². The van der Waals surface area contributed by atoms with Gasteiger partial charge in [-0.05, 0) is 60.5 Å². The fourth-order valence-electron chi connectivity index (χ4n) is 4.10. The molecule has 31 heavy (non-hydrogen) atoms. The van der Waals surface area contributed by atoms with E-state index in [4.69, 9.17) is 32.7 Å². The zero-order valence-corrected chi connectivity index (χ0v) is 18.7. The highest BCUT2D eigenvalue weighted by molar-refractivity contribution is 6.32. The average molecular weight is 460 g/mol. The molecule has 3 aromatic rings. The normalized spacial score (nSPS) is 17.6. The Morgan fingerprint density at radius 1 is 0.968 bits per heavy atom. The van der Waals surface area contributed by atoms with E-state index in [2.05, 4.69) is 0 Å². The molecule has 3 aromatic carbocycles. The lowest BCUT2D eigenvalue weighted by atomic mass is 9.77. The molecule has 1 heterocycles. The number of halogens is 3. The van der Waals surface area contributed by atoms with Crippen molar-refractivity contribution in [3.8, 4) is 11.5 Å². The summed E-state index contributed by atoms with van der Waals surface area (Å²) in [6, 6.07) is 14.8. The van der Waals surface area contributed by atoms with Gasteiger partial charge in [0, 0.05) is 27.4 Å². The third kappa shape index (κ3) is 3.52. The first-order valence-corrected chi connectivity index (χ1v) is 10.3. The zero-order valence-electron chi connectivity index (χ0n) is 17.2. The number of carbonyl (C=O) groups is 1. The van der Waals surface area contributed by atoms with Crippen molar-refractivity contribution in [3.63, 3.8) is 0 Å². The summed E-state index contributed by atoms with van der Waals surface area (Å²) in [6.45, 7) is 2.06. The Morgan fingerprint density at radius 3 is 2.42 bits per heavy atom. The van der Waals surface area contributed by atoms with Crippen molar-refractivity contribution < 1.29 is 18.7 Å².